The summed E-state index contributed by atoms with van der Waals surface area (Å²) < 4.78 is 13.2. The number of halogens is 1. The number of aliphatic hydroxyl groups is 1. The van der Waals surface area contributed by atoms with E-state index in [1.807, 2.05) is 24.3 Å². The molecule has 0 spiro atoms. The number of carbonyl (C=O) groups is 1. The Balaban J connectivity index is 1.70. The molecule has 24 heavy (non-hydrogen) atoms. The Hall–Kier alpha value is -2.73. The van der Waals surface area contributed by atoms with Crippen LogP contribution in [0.15, 0.2) is 48.5 Å². The van der Waals surface area contributed by atoms with Crippen LogP contribution in [0.2, 0.25) is 0 Å². The number of H-pyrrole nitrogens is 1. The van der Waals surface area contributed by atoms with Crippen LogP contribution in [0, 0.1) is 5.82 Å². The van der Waals surface area contributed by atoms with Crippen molar-refractivity contribution in [2.24, 2.45) is 0 Å². The fourth-order valence-corrected chi connectivity index (χ4v) is 3.30. The van der Waals surface area contributed by atoms with Crippen molar-refractivity contribution in [2.45, 2.75) is 18.6 Å². The molecular formula is C18H16FN3O2. The van der Waals surface area contributed by atoms with E-state index in [-0.39, 0.29) is 24.3 Å². The van der Waals surface area contributed by atoms with E-state index >= 15 is 0 Å². The molecule has 1 amide bonds. The van der Waals surface area contributed by atoms with Crippen molar-refractivity contribution >= 4 is 16.8 Å². The van der Waals surface area contributed by atoms with Gasteiger partial charge in [0.1, 0.15) is 5.82 Å². The van der Waals surface area contributed by atoms with E-state index in [0.717, 1.165) is 16.5 Å². The van der Waals surface area contributed by atoms with Gasteiger partial charge < -0.3 is 10.0 Å². The minimum absolute atomic E-state index is 0.238. The molecule has 5 nitrogen and oxygen atoms in total. The zero-order valence-electron chi connectivity index (χ0n) is 12.8. The number of aliphatic hydroxyl groups excluding tert-OH is 1. The molecule has 1 saturated heterocycles. The second kappa shape index (κ2) is 5.72. The number of para-hydroxylation sites is 1. The number of nitrogens with one attached hydrogen (secondary N) is 1. The molecule has 0 aliphatic carbocycles. The first-order chi connectivity index (χ1) is 11.6. The minimum atomic E-state index is -0.603. The maximum Gasteiger partial charge on any atom is 0.275 e. The number of rotatable bonds is 2. The molecule has 4 rings (SSSR count). The first-order valence-corrected chi connectivity index (χ1v) is 7.81. The summed E-state index contributed by atoms with van der Waals surface area (Å²) in [5, 5.41) is 17.8. The number of hydrogen-bond donors (Lipinski definition) is 2. The Morgan fingerprint density at radius 2 is 1.96 bits per heavy atom. The molecule has 2 N–H and O–H groups in total. The van der Waals surface area contributed by atoms with Gasteiger partial charge in [-0.25, -0.2) is 4.39 Å². The fourth-order valence-electron chi connectivity index (χ4n) is 3.30. The molecule has 3 aromatic rings. The third-order valence-electron chi connectivity index (χ3n) is 4.47. The highest BCUT2D eigenvalue weighted by molar-refractivity contribution is 6.04. The summed E-state index contributed by atoms with van der Waals surface area (Å²) in [6.45, 7) is 0.238. The van der Waals surface area contributed by atoms with Gasteiger partial charge in [0.25, 0.3) is 5.91 Å². The number of nitrogens with zero attached hydrogens (tertiary/aromatic N) is 2. The second-order valence-electron chi connectivity index (χ2n) is 6.03. The monoisotopic (exact) mass is 325 g/mol. The Morgan fingerprint density at radius 3 is 2.75 bits per heavy atom. The van der Waals surface area contributed by atoms with Gasteiger partial charge in [0.2, 0.25) is 0 Å². The van der Waals surface area contributed by atoms with Gasteiger partial charge in [0, 0.05) is 11.9 Å². The average Bonchev–Trinajstić information content (AvgIpc) is 3.19. The van der Waals surface area contributed by atoms with E-state index in [9.17, 15) is 14.3 Å². The van der Waals surface area contributed by atoms with Gasteiger partial charge in [-0.3, -0.25) is 9.89 Å². The molecule has 2 heterocycles. The highest BCUT2D eigenvalue weighted by Gasteiger charge is 2.37. The lowest BCUT2D eigenvalue weighted by molar-refractivity contribution is 0.0711. The largest absolute Gasteiger partial charge is 0.391 e. The predicted molar refractivity (Wildman–Crippen MR) is 86.9 cm³/mol. The maximum absolute atomic E-state index is 13.2. The van der Waals surface area contributed by atoms with E-state index in [0.29, 0.717) is 12.1 Å². The van der Waals surface area contributed by atoms with Crippen molar-refractivity contribution in [3.8, 4) is 0 Å². The van der Waals surface area contributed by atoms with Crippen molar-refractivity contribution in [3.05, 3.63) is 65.6 Å². The maximum atomic E-state index is 13.2. The lowest BCUT2D eigenvalue weighted by atomic mass is 10.0. The summed E-state index contributed by atoms with van der Waals surface area (Å²) in [4.78, 5) is 14.6. The zero-order valence-corrected chi connectivity index (χ0v) is 12.8. The lowest BCUT2D eigenvalue weighted by Crippen LogP contribution is -2.32. The number of benzene rings is 2. The van der Waals surface area contributed by atoms with E-state index in [4.69, 9.17) is 0 Å². The van der Waals surface area contributed by atoms with E-state index in [1.165, 1.54) is 12.1 Å². The molecule has 2 atom stereocenters. The SMILES string of the molecule is O=C(c1n[nH]c2ccccc12)N1C[C@H](O)C[C@H]1c1ccc(F)cc1. The van der Waals surface area contributed by atoms with Crippen molar-refractivity contribution in [1.82, 2.24) is 15.1 Å². The van der Waals surface area contributed by atoms with Crippen LogP contribution in [-0.4, -0.2) is 38.8 Å². The minimum Gasteiger partial charge on any atom is -0.391 e. The molecule has 1 aliphatic rings. The first kappa shape index (κ1) is 14.8. The number of aromatic amines is 1. The lowest BCUT2D eigenvalue weighted by Gasteiger charge is -2.24. The number of carbonyl (C=O) groups excluding carboxylic acids is 1. The Morgan fingerprint density at radius 1 is 1.21 bits per heavy atom. The molecule has 0 radical (unpaired) electrons. The molecular weight excluding hydrogens is 309 g/mol. The number of fused-ring (bicyclic) bond motifs is 1. The molecule has 0 saturated carbocycles. The molecule has 122 valence electrons. The van der Waals surface area contributed by atoms with Gasteiger partial charge >= 0.3 is 0 Å². The topological polar surface area (TPSA) is 69.2 Å². The quantitative estimate of drug-likeness (QED) is 0.761. The summed E-state index contributed by atoms with van der Waals surface area (Å²) in [6, 6.07) is 13.2. The van der Waals surface area contributed by atoms with Crippen LogP contribution in [-0.2, 0) is 0 Å². The number of β-amino-alcohol motifs (C(OH)–C–C–N with tert-alkyl or cyclic N) is 1. The fraction of sp³-hybridized carbons (Fsp3) is 0.222. The Kier molecular flexibility index (Phi) is 3.54. The average molecular weight is 325 g/mol. The summed E-state index contributed by atoms with van der Waals surface area (Å²) in [6.07, 6.45) is -0.172. The van der Waals surface area contributed by atoms with Gasteiger partial charge in [-0.15, -0.1) is 0 Å². The van der Waals surface area contributed by atoms with Gasteiger partial charge in [0.05, 0.1) is 17.7 Å². The molecule has 1 aliphatic heterocycles. The van der Waals surface area contributed by atoms with Crippen LogP contribution in [0.5, 0.6) is 0 Å². The Labute approximate surface area is 137 Å². The van der Waals surface area contributed by atoms with Gasteiger partial charge in [0.15, 0.2) is 5.69 Å². The molecule has 1 aromatic heterocycles. The summed E-state index contributed by atoms with van der Waals surface area (Å²) in [7, 11) is 0. The number of amides is 1. The van der Waals surface area contributed by atoms with Crippen molar-refractivity contribution < 1.29 is 14.3 Å². The first-order valence-electron chi connectivity index (χ1n) is 7.81. The van der Waals surface area contributed by atoms with Crippen LogP contribution in [0.1, 0.15) is 28.5 Å². The van der Waals surface area contributed by atoms with Gasteiger partial charge in [-0.05, 0) is 30.2 Å². The summed E-state index contributed by atoms with van der Waals surface area (Å²) in [5.74, 6) is -0.563. The molecule has 2 aromatic carbocycles. The third-order valence-corrected chi connectivity index (χ3v) is 4.47. The second-order valence-corrected chi connectivity index (χ2v) is 6.03. The number of hydrogen-bond acceptors (Lipinski definition) is 3. The standard InChI is InChI=1S/C18H16FN3O2/c19-12-7-5-11(6-8-12)16-9-13(23)10-22(16)18(24)17-14-3-1-2-4-15(14)20-21-17/h1-8,13,16,23H,9-10H2,(H,20,21)/t13-,16+/m1/s1. The van der Waals surface area contributed by atoms with Crippen molar-refractivity contribution in [2.75, 3.05) is 6.54 Å². The van der Waals surface area contributed by atoms with E-state index in [2.05, 4.69) is 10.2 Å². The van der Waals surface area contributed by atoms with Crippen molar-refractivity contribution in [1.29, 1.82) is 0 Å². The predicted octanol–water partition coefficient (Wildman–Crippen LogP) is 2.65. The van der Waals surface area contributed by atoms with E-state index < -0.39 is 6.10 Å². The molecule has 6 heteroatoms. The van der Waals surface area contributed by atoms with Crippen LogP contribution in [0.25, 0.3) is 10.9 Å². The molecule has 0 bridgehead atoms. The van der Waals surface area contributed by atoms with Crippen LogP contribution < -0.4 is 0 Å². The van der Waals surface area contributed by atoms with E-state index in [1.54, 1.807) is 17.0 Å². The van der Waals surface area contributed by atoms with Crippen LogP contribution in [0.3, 0.4) is 0 Å². The number of likely N-dealkylation sites (tertiary alicyclic amines) is 1. The van der Waals surface area contributed by atoms with Crippen LogP contribution >= 0.6 is 0 Å². The molecule has 1 fully saturated rings. The molecule has 0 unspecified atom stereocenters. The van der Waals surface area contributed by atoms with Gasteiger partial charge in [-0.2, -0.15) is 5.10 Å². The summed E-state index contributed by atoms with van der Waals surface area (Å²) >= 11 is 0. The third kappa shape index (κ3) is 2.45. The zero-order chi connectivity index (χ0) is 16.7. The van der Waals surface area contributed by atoms with Crippen LogP contribution in [0.4, 0.5) is 4.39 Å². The summed E-state index contributed by atoms with van der Waals surface area (Å²) in [5.41, 5.74) is 1.94. The van der Waals surface area contributed by atoms with Crippen molar-refractivity contribution in [3.63, 3.8) is 0 Å². The number of aromatic nitrogens is 2. The highest BCUT2D eigenvalue weighted by atomic mass is 19.1. The smallest absolute Gasteiger partial charge is 0.275 e. The normalized spacial score (nSPS) is 20.7. The van der Waals surface area contributed by atoms with Gasteiger partial charge in [-0.1, -0.05) is 30.3 Å². The Bertz CT molecular complexity index is 891. The highest BCUT2D eigenvalue weighted by Crippen LogP contribution is 2.34.